The summed E-state index contributed by atoms with van der Waals surface area (Å²) in [5.74, 6) is 0. The van der Waals surface area contributed by atoms with Crippen molar-refractivity contribution in [3.8, 4) is 0 Å². The number of hydrogen-bond acceptors (Lipinski definition) is 2. The normalized spacial score (nSPS) is 24.4. The van der Waals surface area contributed by atoms with Gasteiger partial charge in [-0.2, -0.15) is 0 Å². The van der Waals surface area contributed by atoms with Crippen LogP contribution in [0.3, 0.4) is 0 Å². The van der Waals surface area contributed by atoms with E-state index in [1.165, 1.54) is 0 Å². The Hall–Kier alpha value is 0.259. The van der Waals surface area contributed by atoms with E-state index in [9.17, 15) is 35.5 Å². The summed E-state index contributed by atoms with van der Waals surface area (Å²) in [6.07, 6.45) is 0. The number of hydrogen-bond donors (Lipinski definition) is 0. The second kappa shape index (κ2) is 1.91. The van der Waals surface area contributed by atoms with Gasteiger partial charge in [-0.1, -0.05) is 0 Å². The van der Waals surface area contributed by atoms with E-state index in [2.05, 4.69) is 0 Å². The van der Waals surface area contributed by atoms with Gasteiger partial charge in [0.15, 0.2) is 0 Å². The van der Waals surface area contributed by atoms with Gasteiger partial charge < -0.3 is 0 Å². The van der Waals surface area contributed by atoms with Gasteiger partial charge in [0.2, 0.25) is 0 Å². The molecule has 0 radical (unpaired) electrons. The van der Waals surface area contributed by atoms with E-state index in [1.54, 1.807) is 0 Å². The molecule has 14 heteroatoms. The van der Waals surface area contributed by atoms with Crippen LogP contribution in [0.25, 0.3) is 0 Å². The maximum atomic E-state index is 11.0. The van der Waals surface area contributed by atoms with Crippen molar-refractivity contribution < 1.29 is 43.5 Å². The summed E-state index contributed by atoms with van der Waals surface area (Å²) in [5, 5.41) is 0. The van der Waals surface area contributed by atoms with Crippen LogP contribution in [0.15, 0.2) is 0 Å². The molecule has 0 aromatic carbocycles. The monoisotopic (exact) mass is 382 g/mol. The van der Waals surface area contributed by atoms with Crippen LogP contribution in [0.4, 0.5) is 35.5 Å². The van der Waals surface area contributed by atoms with E-state index in [0.717, 1.165) is 0 Å². The number of rotatable bonds is 3. The van der Waals surface area contributed by atoms with Crippen molar-refractivity contribution in [1.29, 1.82) is 0 Å². The second-order valence-corrected chi connectivity index (χ2v) is 10.0. The van der Waals surface area contributed by atoms with Crippen LogP contribution in [0, 0.1) is 0 Å². The molecule has 0 spiro atoms. The standard InChI is InChI=1S/F10O2Se2/c1-13(2,3,4,5)11-12-14(6,7,8,9)10. The van der Waals surface area contributed by atoms with Gasteiger partial charge in [0.05, 0.1) is 0 Å². The van der Waals surface area contributed by atoms with Crippen molar-refractivity contribution in [2.75, 3.05) is 0 Å². The van der Waals surface area contributed by atoms with Crippen LogP contribution in [-0.2, 0) is 7.94 Å². The Morgan fingerprint density at radius 3 is 0.643 bits per heavy atom. The first-order chi connectivity index (χ1) is 5.16. The zero-order chi connectivity index (χ0) is 12.2. The van der Waals surface area contributed by atoms with Gasteiger partial charge in [0.1, 0.15) is 0 Å². The van der Waals surface area contributed by atoms with E-state index in [1.807, 2.05) is 0 Å². The third-order valence-electron chi connectivity index (χ3n) is 0.285. The predicted molar refractivity (Wildman–Crippen MR) is 24.8 cm³/mol. The average Bonchev–Trinajstić information content (AvgIpc) is 1.49. The van der Waals surface area contributed by atoms with Gasteiger partial charge in [-0.25, -0.2) is 0 Å². The Morgan fingerprint density at radius 1 is 0.429 bits per heavy atom. The summed E-state index contributed by atoms with van der Waals surface area (Å²) in [7, 11) is 0. The molecule has 0 aromatic rings. The van der Waals surface area contributed by atoms with Gasteiger partial charge in [0.25, 0.3) is 0 Å². The quantitative estimate of drug-likeness (QED) is 0.324. The molecular formula is F10O2Se2. The molecule has 14 heavy (non-hydrogen) atoms. The summed E-state index contributed by atoms with van der Waals surface area (Å²) >= 11 is -23.4. The topological polar surface area (TPSA) is 18.5 Å². The van der Waals surface area contributed by atoms with Gasteiger partial charge >= 0.3 is 70.1 Å². The average molecular weight is 380 g/mol. The summed E-state index contributed by atoms with van der Waals surface area (Å²) in [5.41, 5.74) is 0. The maximum absolute atomic E-state index is 11.7. The molecule has 0 fully saturated rings. The molecule has 0 amide bonds. The van der Waals surface area contributed by atoms with Crippen LogP contribution in [0.5, 0.6) is 0 Å². The van der Waals surface area contributed by atoms with Crippen LogP contribution in [-0.4, -0.2) is 26.7 Å². The predicted octanol–water partition coefficient (Wildman–Crippen LogP) is 3.30. The van der Waals surface area contributed by atoms with Gasteiger partial charge in [0, 0.05) is 0 Å². The molecule has 0 aliphatic rings. The molecule has 2 nitrogen and oxygen atoms in total. The minimum absolute atomic E-state index is 0.707. The van der Waals surface area contributed by atoms with Gasteiger partial charge in [-0.15, -0.1) is 0 Å². The Bertz CT molecular complexity index is 214. The molecule has 0 aliphatic carbocycles. The van der Waals surface area contributed by atoms with Crippen LogP contribution < -0.4 is 0 Å². The van der Waals surface area contributed by atoms with Gasteiger partial charge in [-0.3, -0.25) is 0 Å². The Balaban J connectivity index is 4.88. The molecule has 0 atom stereocenters. The first kappa shape index (κ1) is 14.3. The third-order valence-corrected chi connectivity index (χ3v) is 2.09. The van der Waals surface area contributed by atoms with E-state index in [4.69, 9.17) is 0 Å². The fraction of sp³-hybridized carbons (Fsp3) is 0. The van der Waals surface area contributed by atoms with Crippen LogP contribution in [0.2, 0.25) is 0 Å². The summed E-state index contributed by atoms with van der Waals surface area (Å²) in [4.78, 5) is 0. The molecule has 0 heterocycles. The fourth-order valence-corrected chi connectivity index (χ4v) is 2.83. The molecule has 0 N–H and O–H groups in total. The number of halogens is 10. The molecule has 0 aliphatic heterocycles. The summed E-state index contributed by atoms with van der Waals surface area (Å²) < 4.78 is 111. The molecule has 0 unspecified atom stereocenters. The second-order valence-electron chi connectivity index (χ2n) is 1.93. The first-order valence-electron chi connectivity index (χ1n) is 2.04. The molecule has 0 saturated carbocycles. The molecule has 0 aromatic heterocycles. The van der Waals surface area contributed by atoms with Crippen LogP contribution >= 0.6 is 0 Å². The molecule has 0 saturated heterocycles. The molecule has 0 rings (SSSR count). The summed E-state index contributed by atoms with van der Waals surface area (Å²) in [6.45, 7) is 0. The summed E-state index contributed by atoms with van der Waals surface area (Å²) in [6, 6.07) is 0. The molecule has 94 valence electrons. The fourth-order valence-electron chi connectivity index (χ4n) is 0.105. The SMILES string of the molecule is F[Se](F)(F)(F)(F)OO[Se](F)(F)(F)(F)F. The Morgan fingerprint density at radius 2 is 0.571 bits per heavy atom. The van der Waals surface area contributed by atoms with Crippen LogP contribution in [0.1, 0.15) is 0 Å². The van der Waals surface area contributed by atoms with E-state index >= 15 is 0 Å². The zero-order valence-electron chi connectivity index (χ0n) is 5.41. The zero-order valence-corrected chi connectivity index (χ0v) is 8.84. The Kier molecular flexibility index (Phi) is 1.95. The van der Waals surface area contributed by atoms with Crippen molar-refractivity contribution in [2.24, 2.45) is 0 Å². The van der Waals surface area contributed by atoms with Crippen molar-refractivity contribution in [2.45, 2.75) is 0 Å². The van der Waals surface area contributed by atoms with Crippen molar-refractivity contribution in [3.05, 3.63) is 0 Å². The van der Waals surface area contributed by atoms with Crippen molar-refractivity contribution in [1.82, 2.24) is 0 Å². The van der Waals surface area contributed by atoms with Gasteiger partial charge in [-0.05, 0) is 0 Å². The third kappa shape index (κ3) is 12.3. The van der Waals surface area contributed by atoms with E-state index in [-0.39, 0.29) is 0 Å². The first-order valence-corrected chi connectivity index (χ1v) is 9.92. The van der Waals surface area contributed by atoms with E-state index in [0.29, 0.717) is 7.94 Å². The molecular weight excluding hydrogens is 380 g/mol. The Labute approximate surface area is 70.8 Å². The van der Waals surface area contributed by atoms with Crippen molar-refractivity contribution in [3.63, 3.8) is 0 Å². The molecule has 0 bridgehead atoms. The van der Waals surface area contributed by atoms with E-state index < -0.39 is 26.7 Å². The van der Waals surface area contributed by atoms with Crippen molar-refractivity contribution >= 4 is 26.7 Å². The minimum atomic E-state index is -11.7.